The first-order chi connectivity index (χ1) is 9.58. The van der Waals surface area contributed by atoms with Gasteiger partial charge >= 0.3 is 5.97 Å². The maximum Gasteiger partial charge on any atom is 0.311 e. The van der Waals surface area contributed by atoms with Crippen molar-refractivity contribution in [3.63, 3.8) is 0 Å². The molecule has 0 radical (unpaired) electrons. The van der Waals surface area contributed by atoms with E-state index in [1.54, 1.807) is 38.3 Å². The molecule has 1 N–H and O–H groups in total. The Labute approximate surface area is 118 Å². The molecule has 0 aliphatic heterocycles. The van der Waals surface area contributed by atoms with Crippen LogP contribution in [0.3, 0.4) is 0 Å². The Bertz CT molecular complexity index is 479. The van der Waals surface area contributed by atoms with Crippen molar-refractivity contribution in [2.24, 2.45) is 0 Å². The highest BCUT2D eigenvalue weighted by atomic mass is 16.5. The number of rotatable bonds is 6. The third kappa shape index (κ3) is 4.26. The molecule has 5 nitrogen and oxygen atoms in total. The summed E-state index contributed by atoms with van der Waals surface area (Å²) in [6.45, 7) is 1.59. The summed E-state index contributed by atoms with van der Waals surface area (Å²) in [6.07, 6.45) is 1.42. The van der Waals surface area contributed by atoms with E-state index in [4.69, 9.17) is 9.47 Å². The third-order valence-corrected chi connectivity index (χ3v) is 3.11. The van der Waals surface area contributed by atoms with Crippen LogP contribution in [0.4, 0.5) is 0 Å². The highest BCUT2D eigenvalue weighted by Gasteiger charge is 2.27. The first-order valence-electron chi connectivity index (χ1n) is 6.71. The van der Waals surface area contributed by atoms with E-state index in [1.165, 1.54) is 0 Å². The predicted molar refractivity (Wildman–Crippen MR) is 73.4 cm³/mol. The molecule has 1 aromatic carbocycles. The molecular formula is C15H19NO4. The van der Waals surface area contributed by atoms with Crippen LogP contribution in [0, 0.1) is 0 Å². The summed E-state index contributed by atoms with van der Waals surface area (Å²) in [7, 11) is 1.59. The molecule has 0 heterocycles. The van der Waals surface area contributed by atoms with Gasteiger partial charge in [-0.1, -0.05) is 12.1 Å². The van der Waals surface area contributed by atoms with E-state index >= 15 is 0 Å². The van der Waals surface area contributed by atoms with E-state index < -0.39 is 12.1 Å². The minimum absolute atomic E-state index is 0.144. The van der Waals surface area contributed by atoms with Crippen LogP contribution in [0.5, 0.6) is 5.75 Å². The molecule has 0 spiro atoms. The lowest BCUT2D eigenvalue weighted by molar-refractivity contribution is -0.154. The predicted octanol–water partition coefficient (Wildman–Crippen LogP) is 1.45. The van der Waals surface area contributed by atoms with Gasteiger partial charge in [-0.05, 0) is 37.5 Å². The van der Waals surface area contributed by atoms with Crippen LogP contribution in [0.25, 0.3) is 0 Å². The number of methoxy groups -OCH3 is 1. The summed E-state index contributed by atoms with van der Waals surface area (Å²) in [6, 6.07) is 7.44. The monoisotopic (exact) mass is 277 g/mol. The highest BCUT2D eigenvalue weighted by molar-refractivity contribution is 5.84. The van der Waals surface area contributed by atoms with Crippen LogP contribution in [0.15, 0.2) is 24.3 Å². The van der Waals surface area contributed by atoms with Crippen LogP contribution in [-0.2, 0) is 20.7 Å². The van der Waals surface area contributed by atoms with Gasteiger partial charge in [-0.2, -0.15) is 0 Å². The average molecular weight is 277 g/mol. The molecule has 0 saturated heterocycles. The molecule has 2 rings (SSSR count). The molecule has 0 bridgehead atoms. The molecule has 1 saturated carbocycles. The van der Waals surface area contributed by atoms with Crippen molar-refractivity contribution in [1.29, 1.82) is 0 Å². The van der Waals surface area contributed by atoms with E-state index in [9.17, 15) is 9.59 Å². The van der Waals surface area contributed by atoms with Gasteiger partial charge in [0.2, 0.25) is 0 Å². The molecule has 1 atom stereocenters. The van der Waals surface area contributed by atoms with Gasteiger partial charge < -0.3 is 14.8 Å². The standard InChI is InChI=1S/C15H19NO4/c1-10(15(18)16-12-5-6-12)20-14(17)9-11-3-7-13(19-2)8-4-11/h3-4,7-8,10,12H,5-6,9H2,1-2H3,(H,16,18)/t10-/m0/s1. The molecular weight excluding hydrogens is 258 g/mol. The van der Waals surface area contributed by atoms with E-state index in [-0.39, 0.29) is 18.4 Å². The van der Waals surface area contributed by atoms with Crippen molar-refractivity contribution in [3.8, 4) is 5.75 Å². The van der Waals surface area contributed by atoms with E-state index in [0.717, 1.165) is 24.2 Å². The fraction of sp³-hybridized carbons (Fsp3) is 0.467. The SMILES string of the molecule is COc1ccc(CC(=O)O[C@@H](C)C(=O)NC2CC2)cc1. The normalized spacial score (nSPS) is 15.3. The van der Waals surface area contributed by atoms with Crippen LogP contribution in [-0.4, -0.2) is 31.1 Å². The molecule has 1 fully saturated rings. The molecule has 20 heavy (non-hydrogen) atoms. The Balaban J connectivity index is 1.79. The number of amides is 1. The van der Waals surface area contributed by atoms with Crippen molar-refractivity contribution in [2.75, 3.05) is 7.11 Å². The fourth-order valence-electron chi connectivity index (χ4n) is 1.75. The Morgan fingerprint density at radius 1 is 1.30 bits per heavy atom. The van der Waals surface area contributed by atoms with Gasteiger partial charge in [0.25, 0.3) is 5.91 Å². The zero-order valence-electron chi connectivity index (χ0n) is 11.7. The summed E-state index contributed by atoms with van der Waals surface area (Å²) < 4.78 is 10.2. The minimum Gasteiger partial charge on any atom is -0.497 e. The average Bonchev–Trinajstić information content (AvgIpc) is 3.23. The zero-order valence-corrected chi connectivity index (χ0v) is 11.7. The Hall–Kier alpha value is -2.04. The van der Waals surface area contributed by atoms with E-state index in [1.807, 2.05) is 0 Å². The van der Waals surface area contributed by atoms with Crippen molar-refractivity contribution >= 4 is 11.9 Å². The lowest BCUT2D eigenvalue weighted by Gasteiger charge is -2.13. The molecule has 1 aromatic rings. The second kappa shape index (κ2) is 6.41. The topological polar surface area (TPSA) is 64.6 Å². The highest BCUT2D eigenvalue weighted by Crippen LogP contribution is 2.19. The lowest BCUT2D eigenvalue weighted by atomic mass is 10.1. The lowest BCUT2D eigenvalue weighted by Crippen LogP contribution is -2.37. The summed E-state index contributed by atoms with van der Waals surface area (Å²) in [5.74, 6) is 0.100. The molecule has 108 valence electrons. The number of esters is 1. The smallest absolute Gasteiger partial charge is 0.311 e. The zero-order chi connectivity index (χ0) is 14.5. The number of hydrogen-bond donors (Lipinski definition) is 1. The maximum atomic E-state index is 11.7. The third-order valence-electron chi connectivity index (χ3n) is 3.11. The number of benzene rings is 1. The number of nitrogens with one attached hydrogen (secondary N) is 1. The van der Waals surface area contributed by atoms with Crippen molar-refractivity contribution < 1.29 is 19.1 Å². The van der Waals surface area contributed by atoms with E-state index in [0.29, 0.717) is 0 Å². The quantitative estimate of drug-likeness (QED) is 0.799. The Morgan fingerprint density at radius 2 is 1.95 bits per heavy atom. The van der Waals surface area contributed by atoms with Gasteiger partial charge in [0, 0.05) is 6.04 Å². The minimum atomic E-state index is -0.749. The van der Waals surface area contributed by atoms with E-state index in [2.05, 4.69) is 5.32 Å². The summed E-state index contributed by atoms with van der Waals surface area (Å²) >= 11 is 0. The molecule has 0 aromatic heterocycles. The van der Waals surface area contributed by atoms with Crippen LogP contribution < -0.4 is 10.1 Å². The molecule has 1 aliphatic rings. The van der Waals surface area contributed by atoms with Gasteiger partial charge in [-0.3, -0.25) is 9.59 Å². The summed E-state index contributed by atoms with van der Waals surface area (Å²) in [5.41, 5.74) is 0.825. The molecule has 5 heteroatoms. The first-order valence-corrected chi connectivity index (χ1v) is 6.71. The second-order valence-corrected chi connectivity index (χ2v) is 4.94. The number of carbonyl (C=O) groups excluding carboxylic acids is 2. The Kier molecular flexibility index (Phi) is 4.61. The van der Waals surface area contributed by atoms with Gasteiger partial charge in [-0.15, -0.1) is 0 Å². The number of ether oxygens (including phenoxy) is 2. The maximum absolute atomic E-state index is 11.7. The van der Waals surface area contributed by atoms with Crippen LogP contribution in [0.1, 0.15) is 25.3 Å². The molecule has 1 aliphatic carbocycles. The largest absolute Gasteiger partial charge is 0.497 e. The second-order valence-electron chi connectivity index (χ2n) is 4.94. The van der Waals surface area contributed by atoms with Crippen molar-refractivity contribution in [2.45, 2.75) is 38.3 Å². The summed E-state index contributed by atoms with van der Waals surface area (Å²) in [5, 5.41) is 2.81. The van der Waals surface area contributed by atoms with Crippen LogP contribution in [0.2, 0.25) is 0 Å². The van der Waals surface area contributed by atoms with Crippen LogP contribution >= 0.6 is 0 Å². The fourth-order valence-corrected chi connectivity index (χ4v) is 1.75. The van der Waals surface area contributed by atoms with Crippen molar-refractivity contribution in [3.05, 3.63) is 29.8 Å². The summed E-state index contributed by atoms with van der Waals surface area (Å²) in [4.78, 5) is 23.4. The van der Waals surface area contributed by atoms with Gasteiger partial charge in [0.05, 0.1) is 13.5 Å². The molecule has 1 amide bonds. The molecule has 0 unspecified atom stereocenters. The first kappa shape index (κ1) is 14.4. The van der Waals surface area contributed by atoms with Gasteiger partial charge in [0.15, 0.2) is 6.10 Å². The van der Waals surface area contributed by atoms with Crippen molar-refractivity contribution in [1.82, 2.24) is 5.32 Å². The number of carbonyl (C=O) groups is 2. The van der Waals surface area contributed by atoms with Gasteiger partial charge in [0.1, 0.15) is 5.75 Å². The number of hydrogen-bond acceptors (Lipinski definition) is 4. The Morgan fingerprint density at radius 3 is 2.50 bits per heavy atom. The van der Waals surface area contributed by atoms with Gasteiger partial charge in [-0.25, -0.2) is 0 Å².